The molecule has 4 heteroatoms. The largest absolute Gasteiger partial charge is 0.357 e. The average Bonchev–Trinajstić information content (AvgIpc) is 2.95. The Hall–Kier alpha value is -2.20. The normalized spacial score (nSPS) is 14.8. The second kappa shape index (κ2) is 6.50. The van der Waals surface area contributed by atoms with E-state index in [4.69, 9.17) is 12.2 Å². The van der Waals surface area contributed by atoms with E-state index < -0.39 is 0 Å². The fraction of sp³-hybridized carbons (Fsp3) is 0.176. The van der Waals surface area contributed by atoms with Gasteiger partial charge in [0.15, 0.2) is 5.11 Å². The molecule has 3 nitrogen and oxygen atoms in total. The number of thiocarbonyl (C=S) groups is 1. The van der Waals surface area contributed by atoms with Gasteiger partial charge in [0.25, 0.3) is 0 Å². The smallest absolute Gasteiger partial charge is 0.187 e. The number of hydrogen-bond acceptors (Lipinski definition) is 2. The molecular weight excluding hydrogens is 278 g/mol. The van der Waals surface area contributed by atoms with Gasteiger partial charge in [-0.05, 0) is 36.2 Å². The molecule has 0 unspecified atom stereocenters. The minimum atomic E-state index is 0.552. The highest BCUT2D eigenvalue weighted by Crippen LogP contribution is 2.21. The van der Waals surface area contributed by atoms with E-state index in [2.05, 4.69) is 46.2 Å². The highest BCUT2D eigenvalue weighted by atomic mass is 32.1. The summed E-state index contributed by atoms with van der Waals surface area (Å²) >= 11 is 5.26. The fourth-order valence-corrected chi connectivity index (χ4v) is 2.58. The summed E-state index contributed by atoms with van der Waals surface area (Å²) < 4.78 is 0. The summed E-state index contributed by atoms with van der Waals surface area (Å²) in [6.07, 6.45) is 2.02. The third-order valence-corrected chi connectivity index (χ3v) is 3.78. The van der Waals surface area contributed by atoms with E-state index in [1.54, 1.807) is 0 Å². The molecule has 0 amide bonds. The van der Waals surface area contributed by atoms with Crippen LogP contribution >= 0.6 is 12.2 Å². The number of nitrogens with zero attached hydrogens (tertiary/aromatic N) is 1. The lowest BCUT2D eigenvalue weighted by atomic mass is 10.1. The van der Waals surface area contributed by atoms with Crippen LogP contribution in [0.4, 0.5) is 0 Å². The van der Waals surface area contributed by atoms with Gasteiger partial charge in [0.1, 0.15) is 0 Å². The summed E-state index contributed by atoms with van der Waals surface area (Å²) in [5.74, 6) is 0. The monoisotopic (exact) mass is 295 g/mol. The molecule has 2 aromatic carbocycles. The summed E-state index contributed by atoms with van der Waals surface area (Å²) in [4.78, 5) is 0. The van der Waals surface area contributed by atoms with Crippen molar-refractivity contribution in [3.63, 3.8) is 0 Å². The van der Waals surface area contributed by atoms with Gasteiger partial charge in [-0.25, -0.2) is 0 Å². The van der Waals surface area contributed by atoms with Crippen molar-refractivity contribution < 1.29 is 0 Å². The lowest BCUT2D eigenvalue weighted by molar-refractivity contribution is 0.864. The van der Waals surface area contributed by atoms with Crippen molar-refractivity contribution in [2.45, 2.75) is 19.4 Å². The van der Waals surface area contributed by atoms with Crippen LogP contribution in [0.1, 0.15) is 23.1 Å². The number of rotatable bonds is 3. The van der Waals surface area contributed by atoms with Gasteiger partial charge in [-0.3, -0.25) is 5.43 Å². The second-order valence-electron chi connectivity index (χ2n) is 5.00. The predicted octanol–water partition coefficient (Wildman–Crippen LogP) is 3.00. The number of fused-ring (bicyclic) bond motifs is 1. The molecule has 2 aromatic rings. The van der Waals surface area contributed by atoms with Crippen molar-refractivity contribution in [2.24, 2.45) is 5.10 Å². The summed E-state index contributed by atoms with van der Waals surface area (Å²) in [5.41, 5.74) is 7.81. The van der Waals surface area contributed by atoms with Crippen LogP contribution in [-0.2, 0) is 13.0 Å². The van der Waals surface area contributed by atoms with Gasteiger partial charge in [-0.2, -0.15) is 5.10 Å². The fourth-order valence-electron chi connectivity index (χ4n) is 2.46. The lowest BCUT2D eigenvalue weighted by Crippen LogP contribution is -2.32. The molecule has 0 bridgehead atoms. The maximum absolute atomic E-state index is 5.26. The Morgan fingerprint density at radius 2 is 1.76 bits per heavy atom. The van der Waals surface area contributed by atoms with Crippen LogP contribution in [0.25, 0.3) is 0 Å². The van der Waals surface area contributed by atoms with Gasteiger partial charge in [-0.15, -0.1) is 0 Å². The molecule has 21 heavy (non-hydrogen) atoms. The van der Waals surface area contributed by atoms with Gasteiger partial charge in [0.2, 0.25) is 0 Å². The van der Waals surface area contributed by atoms with Crippen molar-refractivity contribution in [1.82, 2.24) is 10.7 Å². The van der Waals surface area contributed by atoms with Crippen molar-refractivity contribution >= 4 is 23.0 Å². The number of aryl methyl sites for hydroxylation is 1. The summed E-state index contributed by atoms with van der Waals surface area (Å²) in [6, 6.07) is 18.6. The first-order valence-electron chi connectivity index (χ1n) is 7.05. The molecule has 0 fully saturated rings. The maximum atomic E-state index is 5.26. The highest BCUT2D eigenvalue weighted by Gasteiger charge is 2.16. The minimum Gasteiger partial charge on any atom is -0.357 e. The van der Waals surface area contributed by atoms with Crippen LogP contribution in [0.3, 0.4) is 0 Å². The standard InChI is InChI=1S/C17H17N3S/c21-17(18-12-13-6-2-1-3-7-13)20-19-16-11-10-14-8-4-5-9-15(14)16/h1-9H,10-12H2,(H2,18,20,21)/b19-16+. The third-order valence-electron chi connectivity index (χ3n) is 3.55. The van der Waals surface area contributed by atoms with E-state index in [1.807, 2.05) is 24.3 Å². The van der Waals surface area contributed by atoms with Crippen molar-refractivity contribution in [3.05, 3.63) is 71.3 Å². The zero-order valence-corrected chi connectivity index (χ0v) is 12.5. The first-order valence-corrected chi connectivity index (χ1v) is 7.46. The first kappa shape index (κ1) is 13.8. The van der Waals surface area contributed by atoms with E-state index in [9.17, 15) is 0 Å². The Bertz CT molecular complexity index is 665. The first-order chi connectivity index (χ1) is 10.3. The third kappa shape index (κ3) is 3.47. The average molecular weight is 295 g/mol. The minimum absolute atomic E-state index is 0.552. The molecule has 1 aliphatic rings. The number of hydrazone groups is 1. The molecule has 0 aliphatic heterocycles. The van der Waals surface area contributed by atoms with Crippen LogP contribution in [0.15, 0.2) is 59.7 Å². The van der Waals surface area contributed by atoms with Gasteiger partial charge < -0.3 is 5.32 Å². The second-order valence-corrected chi connectivity index (χ2v) is 5.40. The maximum Gasteiger partial charge on any atom is 0.187 e. The molecule has 106 valence electrons. The van der Waals surface area contributed by atoms with Crippen LogP contribution in [0.2, 0.25) is 0 Å². The Morgan fingerprint density at radius 1 is 1.00 bits per heavy atom. The molecule has 0 atom stereocenters. The molecule has 0 aromatic heterocycles. The van der Waals surface area contributed by atoms with Crippen LogP contribution in [0, 0.1) is 0 Å². The van der Waals surface area contributed by atoms with E-state index in [0.29, 0.717) is 11.7 Å². The summed E-state index contributed by atoms with van der Waals surface area (Å²) in [7, 11) is 0. The zero-order chi connectivity index (χ0) is 14.5. The molecule has 0 heterocycles. The van der Waals surface area contributed by atoms with Crippen molar-refractivity contribution in [2.75, 3.05) is 0 Å². The summed E-state index contributed by atoms with van der Waals surface area (Å²) in [5, 5.41) is 8.15. The number of hydrogen-bond donors (Lipinski definition) is 2. The van der Waals surface area contributed by atoms with E-state index in [1.165, 1.54) is 16.7 Å². The van der Waals surface area contributed by atoms with Gasteiger partial charge in [0, 0.05) is 12.1 Å². The molecule has 0 saturated carbocycles. The van der Waals surface area contributed by atoms with E-state index >= 15 is 0 Å². The Labute approximate surface area is 130 Å². The van der Waals surface area contributed by atoms with Crippen LogP contribution < -0.4 is 10.7 Å². The molecule has 0 radical (unpaired) electrons. The zero-order valence-electron chi connectivity index (χ0n) is 11.7. The summed E-state index contributed by atoms with van der Waals surface area (Å²) in [6.45, 7) is 0.702. The van der Waals surface area contributed by atoms with Gasteiger partial charge in [0.05, 0.1) is 5.71 Å². The molecule has 2 N–H and O–H groups in total. The van der Waals surface area contributed by atoms with Crippen molar-refractivity contribution in [1.29, 1.82) is 0 Å². The van der Waals surface area contributed by atoms with Crippen LogP contribution in [0.5, 0.6) is 0 Å². The molecule has 1 aliphatic carbocycles. The number of benzene rings is 2. The molecular formula is C17H17N3S. The lowest BCUT2D eigenvalue weighted by Gasteiger charge is -2.08. The molecule has 0 saturated heterocycles. The highest BCUT2D eigenvalue weighted by molar-refractivity contribution is 7.80. The van der Waals surface area contributed by atoms with Gasteiger partial charge in [-0.1, -0.05) is 54.6 Å². The van der Waals surface area contributed by atoms with Crippen LogP contribution in [-0.4, -0.2) is 10.8 Å². The SMILES string of the molecule is S=C(NCc1ccccc1)N/N=C1\CCc2ccccc21. The number of nitrogens with one attached hydrogen (secondary N) is 2. The molecule has 3 rings (SSSR count). The van der Waals surface area contributed by atoms with E-state index in [-0.39, 0.29) is 0 Å². The topological polar surface area (TPSA) is 36.4 Å². The Morgan fingerprint density at radius 3 is 2.62 bits per heavy atom. The van der Waals surface area contributed by atoms with E-state index in [0.717, 1.165) is 18.6 Å². The Kier molecular flexibility index (Phi) is 4.26. The van der Waals surface area contributed by atoms with Crippen molar-refractivity contribution in [3.8, 4) is 0 Å². The quantitative estimate of drug-likeness (QED) is 0.675. The van der Waals surface area contributed by atoms with Gasteiger partial charge >= 0.3 is 0 Å². The Balaban J connectivity index is 1.56. The molecule has 0 spiro atoms. The predicted molar refractivity (Wildman–Crippen MR) is 90.3 cm³/mol.